The second kappa shape index (κ2) is 5.01. The molecule has 1 unspecified atom stereocenters. The number of hydrogen-bond donors (Lipinski definition) is 0. The van der Waals surface area contributed by atoms with Crippen LogP contribution in [-0.2, 0) is 0 Å². The van der Waals surface area contributed by atoms with E-state index in [2.05, 4.69) is 29.8 Å². The standard InChI is InChI=1S/C9H11BrCl2S/c1-5(2)3-7(11)8-4-6(10)9(12)13-8/h4-5,7H,3H2,1-2H3. The SMILES string of the molecule is CC(C)CC(Cl)c1cc(Br)c(Cl)s1. The monoisotopic (exact) mass is 300 g/mol. The van der Waals surface area contributed by atoms with Gasteiger partial charge in [0.05, 0.1) is 5.38 Å². The molecule has 13 heavy (non-hydrogen) atoms. The number of thiophene rings is 1. The molecule has 0 bridgehead atoms. The van der Waals surface area contributed by atoms with Crippen molar-refractivity contribution in [3.8, 4) is 0 Å². The lowest BCUT2D eigenvalue weighted by Crippen LogP contribution is -1.93. The quantitative estimate of drug-likeness (QED) is 0.648. The third-order valence-corrected chi connectivity index (χ3v) is 4.78. The van der Waals surface area contributed by atoms with Gasteiger partial charge in [0.25, 0.3) is 0 Å². The molecule has 1 atom stereocenters. The molecule has 1 rings (SSSR count). The summed E-state index contributed by atoms with van der Waals surface area (Å²) in [5.41, 5.74) is 0. The highest BCUT2D eigenvalue weighted by atomic mass is 79.9. The van der Waals surface area contributed by atoms with Crippen molar-refractivity contribution in [2.24, 2.45) is 5.92 Å². The Balaban J connectivity index is 2.71. The Kier molecular flexibility index (Phi) is 4.56. The van der Waals surface area contributed by atoms with Crippen LogP contribution in [0.2, 0.25) is 4.34 Å². The molecule has 0 radical (unpaired) electrons. The number of halogens is 3. The number of alkyl halides is 1. The average molecular weight is 302 g/mol. The molecule has 0 amide bonds. The van der Waals surface area contributed by atoms with E-state index in [1.165, 1.54) is 0 Å². The fourth-order valence-corrected chi connectivity index (χ4v) is 3.33. The molecule has 0 saturated heterocycles. The molecule has 0 N–H and O–H groups in total. The highest BCUT2D eigenvalue weighted by Gasteiger charge is 2.14. The van der Waals surface area contributed by atoms with Gasteiger partial charge in [-0.15, -0.1) is 22.9 Å². The predicted molar refractivity (Wildman–Crippen MR) is 65.1 cm³/mol. The maximum atomic E-state index is 6.22. The molecule has 0 aliphatic rings. The second-order valence-electron chi connectivity index (χ2n) is 3.37. The lowest BCUT2D eigenvalue weighted by atomic mass is 10.1. The van der Waals surface area contributed by atoms with Crippen LogP contribution in [0.3, 0.4) is 0 Å². The van der Waals surface area contributed by atoms with Crippen LogP contribution in [0, 0.1) is 5.92 Å². The number of hydrogen-bond acceptors (Lipinski definition) is 1. The average Bonchev–Trinajstić information content (AvgIpc) is 2.31. The first kappa shape index (κ1) is 11.8. The van der Waals surface area contributed by atoms with Gasteiger partial charge >= 0.3 is 0 Å². The van der Waals surface area contributed by atoms with Crippen LogP contribution in [0.1, 0.15) is 30.5 Å². The third-order valence-electron chi connectivity index (χ3n) is 1.65. The van der Waals surface area contributed by atoms with Crippen molar-refractivity contribution in [1.82, 2.24) is 0 Å². The van der Waals surface area contributed by atoms with Crippen LogP contribution in [-0.4, -0.2) is 0 Å². The molecule has 4 heteroatoms. The van der Waals surface area contributed by atoms with Crippen molar-refractivity contribution in [2.75, 3.05) is 0 Å². The summed E-state index contributed by atoms with van der Waals surface area (Å²) in [4.78, 5) is 1.15. The van der Waals surface area contributed by atoms with Crippen LogP contribution in [0.25, 0.3) is 0 Å². The summed E-state index contributed by atoms with van der Waals surface area (Å²) in [6, 6.07) is 2.01. The first-order valence-electron chi connectivity index (χ1n) is 4.09. The van der Waals surface area contributed by atoms with E-state index in [4.69, 9.17) is 23.2 Å². The Morgan fingerprint density at radius 3 is 2.54 bits per heavy atom. The topological polar surface area (TPSA) is 0 Å². The van der Waals surface area contributed by atoms with Crippen LogP contribution < -0.4 is 0 Å². The van der Waals surface area contributed by atoms with Gasteiger partial charge in [-0.05, 0) is 34.3 Å². The van der Waals surface area contributed by atoms with Crippen LogP contribution in [0.5, 0.6) is 0 Å². The normalized spacial score (nSPS) is 13.7. The first-order valence-corrected chi connectivity index (χ1v) is 6.52. The van der Waals surface area contributed by atoms with E-state index in [0.29, 0.717) is 5.92 Å². The lowest BCUT2D eigenvalue weighted by Gasteiger charge is -2.09. The van der Waals surface area contributed by atoms with Gasteiger partial charge in [-0.25, -0.2) is 0 Å². The maximum absolute atomic E-state index is 6.22. The van der Waals surface area contributed by atoms with Gasteiger partial charge in [0.1, 0.15) is 4.34 Å². The lowest BCUT2D eigenvalue weighted by molar-refractivity contribution is 0.578. The smallest absolute Gasteiger partial charge is 0.107 e. The minimum Gasteiger partial charge on any atom is -0.126 e. The molecular weight excluding hydrogens is 291 g/mol. The van der Waals surface area contributed by atoms with Crippen molar-refractivity contribution in [3.05, 3.63) is 19.8 Å². The van der Waals surface area contributed by atoms with Gasteiger partial charge in [-0.2, -0.15) is 0 Å². The Bertz CT molecular complexity index is 264. The third kappa shape index (κ3) is 3.43. The van der Waals surface area contributed by atoms with E-state index < -0.39 is 0 Å². The van der Waals surface area contributed by atoms with Gasteiger partial charge in [-0.3, -0.25) is 0 Å². The fourth-order valence-electron chi connectivity index (χ4n) is 1.05. The van der Waals surface area contributed by atoms with E-state index >= 15 is 0 Å². The molecule has 74 valence electrons. The van der Waals surface area contributed by atoms with Gasteiger partial charge < -0.3 is 0 Å². The van der Waals surface area contributed by atoms with Gasteiger partial charge in [0, 0.05) is 9.35 Å². The van der Waals surface area contributed by atoms with Crippen molar-refractivity contribution >= 4 is 50.5 Å². The van der Waals surface area contributed by atoms with E-state index in [-0.39, 0.29) is 5.38 Å². The molecule has 0 aliphatic heterocycles. The van der Waals surface area contributed by atoms with Crippen LogP contribution in [0.15, 0.2) is 10.5 Å². The van der Waals surface area contributed by atoms with Crippen molar-refractivity contribution < 1.29 is 0 Å². The molecule has 0 aromatic carbocycles. The summed E-state index contributed by atoms with van der Waals surface area (Å²) in [7, 11) is 0. The van der Waals surface area contributed by atoms with Crippen molar-refractivity contribution in [1.29, 1.82) is 0 Å². The predicted octanol–water partition coefficient (Wildman–Crippen LogP) is 5.49. The molecule has 0 spiro atoms. The van der Waals surface area contributed by atoms with Gasteiger partial charge in [0.15, 0.2) is 0 Å². The summed E-state index contributed by atoms with van der Waals surface area (Å²) in [5.74, 6) is 0.613. The first-order chi connectivity index (χ1) is 6.00. The molecule has 0 fully saturated rings. The highest BCUT2D eigenvalue weighted by Crippen LogP contribution is 2.39. The molecule has 0 nitrogen and oxygen atoms in total. The Hall–Kier alpha value is 0.760. The molecule has 0 aliphatic carbocycles. The Morgan fingerprint density at radius 1 is 1.54 bits per heavy atom. The number of rotatable bonds is 3. The molecule has 1 heterocycles. The Morgan fingerprint density at radius 2 is 2.15 bits per heavy atom. The molecule has 1 aromatic rings. The summed E-state index contributed by atoms with van der Waals surface area (Å²) >= 11 is 17.1. The van der Waals surface area contributed by atoms with Crippen LogP contribution >= 0.6 is 50.5 Å². The summed E-state index contributed by atoms with van der Waals surface area (Å²) in [6.45, 7) is 4.33. The van der Waals surface area contributed by atoms with Crippen molar-refractivity contribution in [3.63, 3.8) is 0 Å². The van der Waals surface area contributed by atoms with Gasteiger partial charge in [-0.1, -0.05) is 25.4 Å². The zero-order chi connectivity index (χ0) is 10.0. The minimum absolute atomic E-state index is 0.0915. The highest BCUT2D eigenvalue weighted by molar-refractivity contribution is 9.10. The minimum atomic E-state index is 0.0915. The summed E-state index contributed by atoms with van der Waals surface area (Å²) in [5, 5.41) is 0.0915. The van der Waals surface area contributed by atoms with E-state index in [1.807, 2.05) is 6.07 Å². The molecule has 1 aromatic heterocycles. The van der Waals surface area contributed by atoms with E-state index in [0.717, 1.165) is 20.1 Å². The summed E-state index contributed by atoms with van der Waals surface area (Å²) < 4.78 is 1.73. The fraction of sp³-hybridized carbons (Fsp3) is 0.556. The second-order valence-corrected chi connectivity index (χ2v) is 6.43. The van der Waals surface area contributed by atoms with Gasteiger partial charge in [0.2, 0.25) is 0 Å². The zero-order valence-electron chi connectivity index (χ0n) is 7.48. The van der Waals surface area contributed by atoms with Crippen molar-refractivity contribution in [2.45, 2.75) is 25.6 Å². The molecular formula is C9H11BrCl2S. The largest absolute Gasteiger partial charge is 0.126 e. The van der Waals surface area contributed by atoms with E-state index in [9.17, 15) is 0 Å². The maximum Gasteiger partial charge on any atom is 0.107 e. The zero-order valence-corrected chi connectivity index (χ0v) is 11.4. The van der Waals surface area contributed by atoms with E-state index in [1.54, 1.807) is 11.3 Å². The summed E-state index contributed by atoms with van der Waals surface area (Å²) in [6.07, 6.45) is 0.991. The molecule has 0 saturated carbocycles. The van der Waals surface area contributed by atoms with Crippen LogP contribution in [0.4, 0.5) is 0 Å². The Labute approximate surface area is 101 Å².